The van der Waals surface area contributed by atoms with Gasteiger partial charge in [0.15, 0.2) is 0 Å². The van der Waals surface area contributed by atoms with Gasteiger partial charge >= 0.3 is 0 Å². The number of nitrogens with two attached hydrogens (primary N) is 1. The predicted octanol–water partition coefficient (Wildman–Crippen LogP) is 3.62. The molecule has 6 heteroatoms. The average molecular weight is 340 g/mol. The highest BCUT2D eigenvalue weighted by molar-refractivity contribution is 9.10. The molecule has 0 saturated carbocycles. The van der Waals surface area contributed by atoms with E-state index in [9.17, 15) is 13.0 Å². The molecule has 1 rings (SSSR count). The lowest BCUT2D eigenvalue weighted by Gasteiger charge is -2.25. The van der Waals surface area contributed by atoms with Gasteiger partial charge in [-0.05, 0) is 59.8 Å². The van der Waals surface area contributed by atoms with Crippen LogP contribution in [0.3, 0.4) is 0 Å². The Kier molecular flexibility index (Phi) is 5.03. The Labute approximate surface area is 117 Å². The number of halogens is 3. The molecule has 0 aromatic heterocycles. The molecular formula is C12H16BrF2NOS. The van der Waals surface area contributed by atoms with Crippen molar-refractivity contribution in [3.05, 3.63) is 33.8 Å². The molecule has 2 N–H and O–H groups in total. The first-order valence-corrected chi connectivity index (χ1v) is 7.46. The maximum absolute atomic E-state index is 13.9. The van der Waals surface area contributed by atoms with Gasteiger partial charge in [-0.15, -0.1) is 0 Å². The van der Waals surface area contributed by atoms with Gasteiger partial charge in [0.2, 0.25) is 0 Å². The number of rotatable bonds is 4. The van der Waals surface area contributed by atoms with Gasteiger partial charge in [0.1, 0.15) is 11.6 Å². The summed E-state index contributed by atoms with van der Waals surface area (Å²) in [6.45, 7) is 5.25. The maximum Gasteiger partial charge on any atom is 0.141 e. The maximum atomic E-state index is 13.9. The van der Waals surface area contributed by atoms with E-state index in [2.05, 4.69) is 15.9 Å². The van der Waals surface area contributed by atoms with Gasteiger partial charge in [-0.3, -0.25) is 5.14 Å². The minimum atomic E-state index is -1.52. The summed E-state index contributed by atoms with van der Waals surface area (Å²) in [7, 11) is -1.52. The van der Waals surface area contributed by atoms with E-state index in [0.717, 1.165) is 6.07 Å². The van der Waals surface area contributed by atoms with E-state index in [0.29, 0.717) is 6.42 Å². The lowest BCUT2D eigenvalue weighted by molar-refractivity contribution is 0.508. The van der Waals surface area contributed by atoms with E-state index in [1.807, 2.05) is 0 Å². The lowest BCUT2D eigenvalue weighted by Crippen LogP contribution is -2.33. The summed E-state index contributed by atoms with van der Waals surface area (Å²) >= 11 is 2.97. The Balaban J connectivity index is 3.05. The van der Waals surface area contributed by atoms with Crippen molar-refractivity contribution >= 4 is 26.9 Å². The van der Waals surface area contributed by atoms with Crippen LogP contribution in [0.5, 0.6) is 0 Å². The highest BCUT2D eigenvalue weighted by Crippen LogP contribution is 2.32. The molecule has 0 amide bonds. The summed E-state index contributed by atoms with van der Waals surface area (Å²) in [5, 5.41) is 5.39. The Hall–Kier alpha value is -0.330. The molecule has 1 unspecified atom stereocenters. The fourth-order valence-electron chi connectivity index (χ4n) is 1.86. The van der Waals surface area contributed by atoms with Gasteiger partial charge in [-0.25, -0.2) is 13.0 Å². The second-order valence-electron chi connectivity index (χ2n) is 4.95. The van der Waals surface area contributed by atoms with E-state index in [4.69, 9.17) is 5.14 Å². The zero-order valence-electron chi connectivity index (χ0n) is 10.5. The van der Waals surface area contributed by atoms with Crippen LogP contribution < -0.4 is 5.14 Å². The first-order valence-electron chi connectivity index (χ1n) is 5.46. The van der Waals surface area contributed by atoms with E-state index in [1.165, 1.54) is 6.07 Å². The summed E-state index contributed by atoms with van der Waals surface area (Å²) in [6.07, 6.45) is 0.406. The highest BCUT2D eigenvalue weighted by atomic mass is 79.9. The highest BCUT2D eigenvalue weighted by Gasteiger charge is 2.28. The lowest BCUT2D eigenvalue weighted by atomic mass is 9.91. The summed E-state index contributed by atoms with van der Waals surface area (Å²) in [6, 6.07) is 2.25. The van der Waals surface area contributed by atoms with Crippen molar-refractivity contribution in [2.75, 3.05) is 0 Å². The van der Waals surface area contributed by atoms with Gasteiger partial charge in [0.25, 0.3) is 0 Å². The number of hydrogen-bond donors (Lipinski definition) is 1. The zero-order chi connectivity index (χ0) is 14.1. The SMILES string of the molecule is C[C@H](CC(C)(C)S(N)=O)c1cc(F)cc(Br)c1F. The monoisotopic (exact) mass is 339 g/mol. The Morgan fingerprint density at radius 3 is 2.50 bits per heavy atom. The van der Waals surface area contributed by atoms with Gasteiger partial charge in [0.05, 0.1) is 20.2 Å². The van der Waals surface area contributed by atoms with Crippen LogP contribution in [-0.4, -0.2) is 8.96 Å². The van der Waals surface area contributed by atoms with Crippen molar-refractivity contribution in [1.82, 2.24) is 0 Å². The average Bonchev–Trinajstić information content (AvgIpc) is 2.22. The van der Waals surface area contributed by atoms with Gasteiger partial charge in [-0.2, -0.15) is 0 Å². The fourth-order valence-corrected chi connectivity index (χ4v) is 2.73. The molecule has 0 bridgehead atoms. The van der Waals surface area contributed by atoms with Crippen LogP contribution in [0.25, 0.3) is 0 Å². The van der Waals surface area contributed by atoms with Crippen molar-refractivity contribution in [2.24, 2.45) is 5.14 Å². The minimum Gasteiger partial charge on any atom is -0.251 e. The standard InChI is InChI=1S/C12H16BrF2NOS/c1-7(6-12(2,3)18(16)17)9-4-8(14)5-10(13)11(9)15/h4-5,7H,6,16H2,1-3H3/t7-,18?/m1/s1. The third-order valence-electron chi connectivity index (χ3n) is 2.89. The molecule has 1 aromatic rings. The van der Waals surface area contributed by atoms with Gasteiger partial charge in [0, 0.05) is 0 Å². The number of hydrogen-bond acceptors (Lipinski definition) is 1. The van der Waals surface area contributed by atoms with Crippen molar-refractivity contribution in [3.63, 3.8) is 0 Å². The first-order chi connectivity index (χ1) is 8.15. The third kappa shape index (κ3) is 3.59. The van der Waals surface area contributed by atoms with Gasteiger partial charge in [-0.1, -0.05) is 6.92 Å². The molecule has 0 saturated heterocycles. The predicted molar refractivity (Wildman–Crippen MR) is 73.5 cm³/mol. The summed E-state index contributed by atoms with van der Waals surface area (Å²) in [5.41, 5.74) is 0.264. The van der Waals surface area contributed by atoms with Crippen LogP contribution in [0.1, 0.15) is 38.7 Å². The molecular weight excluding hydrogens is 324 g/mol. The van der Waals surface area contributed by atoms with Crippen LogP contribution in [0.4, 0.5) is 8.78 Å². The molecule has 0 radical (unpaired) electrons. The molecule has 1 aromatic carbocycles. The van der Waals surface area contributed by atoms with E-state index < -0.39 is 27.4 Å². The van der Waals surface area contributed by atoms with Crippen LogP contribution in [0.2, 0.25) is 0 Å². The largest absolute Gasteiger partial charge is 0.251 e. The Bertz CT molecular complexity index is 479. The van der Waals surface area contributed by atoms with Crippen LogP contribution in [0, 0.1) is 11.6 Å². The molecule has 0 fully saturated rings. The molecule has 2 nitrogen and oxygen atoms in total. The molecule has 0 aliphatic rings. The molecule has 2 atom stereocenters. The fraction of sp³-hybridized carbons (Fsp3) is 0.500. The topological polar surface area (TPSA) is 43.1 Å². The van der Waals surface area contributed by atoms with E-state index in [1.54, 1.807) is 20.8 Å². The third-order valence-corrected chi connectivity index (χ3v) is 4.73. The molecule has 18 heavy (non-hydrogen) atoms. The summed E-state index contributed by atoms with van der Waals surface area (Å²) in [5.74, 6) is -1.26. The van der Waals surface area contributed by atoms with Crippen LogP contribution >= 0.6 is 15.9 Å². The van der Waals surface area contributed by atoms with E-state index >= 15 is 0 Å². The van der Waals surface area contributed by atoms with E-state index in [-0.39, 0.29) is 16.0 Å². The Morgan fingerprint density at radius 1 is 1.44 bits per heavy atom. The van der Waals surface area contributed by atoms with Crippen LogP contribution in [-0.2, 0) is 11.0 Å². The molecule has 0 aliphatic heterocycles. The number of benzene rings is 1. The van der Waals surface area contributed by atoms with Crippen molar-refractivity contribution < 1.29 is 13.0 Å². The zero-order valence-corrected chi connectivity index (χ0v) is 12.9. The summed E-state index contributed by atoms with van der Waals surface area (Å²) < 4.78 is 38.0. The first kappa shape index (κ1) is 15.7. The van der Waals surface area contributed by atoms with Gasteiger partial charge < -0.3 is 0 Å². The minimum absolute atomic E-state index is 0.0935. The second kappa shape index (κ2) is 5.75. The van der Waals surface area contributed by atoms with Crippen molar-refractivity contribution in [2.45, 2.75) is 37.9 Å². The molecule has 0 spiro atoms. The molecule has 102 valence electrons. The second-order valence-corrected chi connectivity index (χ2v) is 7.51. The van der Waals surface area contributed by atoms with Crippen molar-refractivity contribution in [3.8, 4) is 0 Å². The normalized spacial score (nSPS) is 15.5. The van der Waals surface area contributed by atoms with Crippen molar-refractivity contribution in [1.29, 1.82) is 0 Å². The van der Waals surface area contributed by atoms with Crippen LogP contribution in [0.15, 0.2) is 16.6 Å². The smallest absolute Gasteiger partial charge is 0.141 e. The quantitative estimate of drug-likeness (QED) is 0.836. The molecule has 0 heterocycles. The molecule has 0 aliphatic carbocycles. The Morgan fingerprint density at radius 2 is 2.00 bits per heavy atom. The summed E-state index contributed by atoms with van der Waals surface area (Å²) in [4.78, 5) is 0.